The number of carbonyl (C=O) groups excluding carboxylic acids is 4. The molecule has 0 radical (unpaired) electrons. The van der Waals surface area contributed by atoms with Crippen LogP contribution in [0.2, 0.25) is 0 Å². The predicted octanol–water partition coefficient (Wildman–Crippen LogP) is 9.69. The second-order valence-electron chi connectivity index (χ2n) is 29.1. The van der Waals surface area contributed by atoms with Crippen molar-refractivity contribution in [3.63, 3.8) is 0 Å². The molecule has 0 saturated carbocycles. The number of hydrogen-bond donors (Lipinski definition) is 7. The molecule has 0 amide bonds. The lowest BCUT2D eigenvalue weighted by molar-refractivity contribution is -0.399. The fourth-order valence-corrected chi connectivity index (χ4v) is 14.3. The largest absolute Gasteiger partial charge is 0.457 e. The highest BCUT2D eigenvalue weighted by molar-refractivity contribution is 5.87. The van der Waals surface area contributed by atoms with E-state index in [9.17, 15) is 54.9 Å². The Labute approximate surface area is 604 Å². The molecule has 25 nitrogen and oxygen atoms in total. The Hall–Kier alpha value is -3.84. The van der Waals surface area contributed by atoms with Crippen molar-refractivity contribution in [1.29, 1.82) is 0 Å². The maximum absolute atomic E-state index is 14.7. The summed E-state index contributed by atoms with van der Waals surface area (Å²) in [6.45, 7) is 14.1. The second kappa shape index (κ2) is 45.1. The van der Waals surface area contributed by atoms with Gasteiger partial charge < -0.3 is 102 Å². The van der Waals surface area contributed by atoms with Crippen molar-refractivity contribution < 1.29 is 121 Å². The van der Waals surface area contributed by atoms with Gasteiger partial charge in [-0.25, -0.2) is 4.79 Å². The van der Waals surface area contributed by atoms with Crippen molar-refractivity contribution in [3.8, 4) is 0 Å². The molecule has 102 heavy (non-hydrogen) atoms. The molecule has 25 heteroatoms. The Bertz CT molecular complexity index is 2570. The molecule has 2 bridgehead atoms. The summed E-state index contributed by atoms with van der Waals surface area (Å²) in [5, 5.41) is 82.2. The van der Waals surface area contributed by atoms with Crippen molar-refractivity contribution in [2.45, 2.75) is 414 Å². The number of ether oxygens (including phenoxy) is 14. The molecular formula is C77H126O25. The van der Waals surface area contributed by atoms with Crippen LogP contribution in [-0.4, -0.2) is 219 Å². The molecule has 6 saturated heterocycles. The number of fused-ring (bicyclic) bond motifs is 3. The fraction of sp³-hybridized carbons (Fsp3) is 0.844. The lowest BCUT2D eigenvalue weighted by Gasteiger charge is -2.51. The molecule has 7 rings (SSSR count). The molecule has 584 valence electrons. The minimum absolute atomic E-state index is 0.0441. The zero-order valence-corrected chi connectivity index (χ0v) is 62.0. The number of benzene rings is 1. The molecule has 7 N–H and O–H groups in total. The van der Waals surface area contributed by atoms with Crippen LogP contribution in [0.15, 0.2) is 36.4 Å². The Morgan fingerprint density at radius 1 is 0.422 bits per heavy atom. The molecule has 6 aliphatic rings. The maximum Gasteiger partial charge on any atom is 0.331 e. The zero-order chi connectivity index (χ0) is 73.7. The van der Waals surface area contributed by atoms with Gasteiger partial charge in [0, 0.05) is 25.3 Å². The number of rotatable bonds is 33. The van der Waals surface area contributed by atoms with Crippen LogP contribution in [0, 0.1) is 0 Å². The molecule has 1 aromatic rings. The van der Waals surface area contributed by atoms with E-state index in [-0.39, 0.29) is 25.4 Å². The van der Waals surface area contributed by atoms with Gasteiger partial charge in [-0.2, -0.15) is 0 Å². The van der Waals surface area contributed by atoms with Crippen LogP contribution in [0.25, 0.3) is 6.08 Å². The standard InChI is InChI=1S/C77H126O25/c1-9-12-15-17-19-20-24-28-37-44-56(80)98-72-71(102-73-62(86)60(84)58(82)47(4)89-73)67(100-76-70(97-57(81)46-45-52-38-32-30-33-39-52)63(87)65(49(6)92-76)95-54(78)42-35-27-22-18-16-13-10-2)51(8)93-77(72)99-66-50(7)91-74-64(88)68(66)96-55(79)43-36-29-25-21-23-26-34-41-53(40-31-14-11-3)94-75-69(101-74)61(85)59(83)48(5)90-75/h30,32-33,38-39,45-51,53,58-77,82-88H,9-29,31,34-37,40-44H2,1-8H3/b46-45+/t47-,48+,49-,50-,51-,53-,58-,59-,60+,61-,62+,63+,64+,65-,66-,67-,68-,69+,70+,71+,72+,73-,74-,75-,76-,77-/m0/s1. The molecule has 0 aliphatic carbocycles. The lowest BCUT2D eigenvalue weighted by atomic mass is 9.95. The van der Waals surface area contributed by atoms with E-state index in [2.05, 4.69) is 20.8 Å². The van der Waals surface area contributed by atoms with E-state index < -0.39 is 177 Å². The van der Waals surface area contributed by atoms with Gasteiger partial charge in [0.25, 0.3) is 0 Å². The van der Waals surface area contributed by atoms with E-state index in [1.807, 2.05) is 6.07 Å². The van der Waals surface area contributed by atoms with Gasteiger partial charge in [0.15, 0.2) is 55.9 Å². The minimum Gasteiger partial charge on any atom is -0.457 e. The van der Waals surface area contributed by atoms with Crippen LogP contribution < -0.4 is 0 Å². The van der Waals surface area contributed by atoms with Crippen molar-refractivity contribution in [2.24, 2.45) is 0 Å². The average molecular weight is 1450 g/mol. The lowest BCUT2D eigenvalue weighted by Crippen LogP contribution is -2.68. The highest BCUT2D eigenvalue weighted by atomic mass is 16.8. The highest BCUT2D eigenvalue weighted by Gasteiger charge is 2.59. The second-order valence-corrected chi connectivity index (χ2v) is 29.1. The van der Waals surface area contributed by atoms with Gasteiger partial charge in [-0.05, 0) is 78.4 Å². The summed E-state index contributed by atoms with van der Waals surface area (Å²) < 4.78 is 90.6. The monoisotopic (exact) mass is 1450 g/mol. The van der Waals surface area contributed by atoms with Crippen LogP contribution in [0.3, 0.4) is 0 Å². The number of unbranched alkanes of at least 4 members (excludes halogenated alkanes) is 16. The summed E-state index contributed by atoms with van der Waals surface area (Å²) in [6, 6.07) is 8.91. The summed E-state index contributed by atoms with van der Waals surface area (Å²) in [6.07, 6.45) is -11.5. The summed E-state index contributed by atoms with van der Waals surface area (Å²) in [5.74, 6) is -3.01. The maximum atomic E-state index is 14.7. The van der Waals surface area contributed by atoms with Crippen LogP contribution in [0.4, 0.5) is 0 Å². The van der Waals surface area contributed by atoms with Gasteiger partial charge in [-0.15, -0.1) is 0 Å². The first-order valence-electron chi connectivity index (χ1n) is 39.0. The first-order chi connectivity index (χ1) is 49.1. The van der Waals surface area contributed by atoms with Gasteiger partial charge in [0.2, 0.25) is 0 Å². The zero-order valence-electron chi connectivity index (χ0n) is 62.0. The van der Waals surface area contributed by atoms with Crippen molar-refractivity contribution in [1.82, 2.24) is 0 Å². The van der Waals surface area contributed by atoms with Crippen LogP contribution >= 0.6 is 0 Å². The van der Waals surface area contributed by atoms with E-state index in [1.54, 1.807) is 45.0 Å². The van der Waals surface area contributed by atoms with E-state index >= 15 is 0 Å². The van der Waals surface area contributed by atoms with E-state index in [0.29, 0.717) is 44.1 Å². The molecule has 0 aromatic heterocycles. The summed E-state index contributed by atoms with van der Waals surface area (Å²) in [5.41, 5.74) is 0.652. The highest BCUT2D eigenvalue weighted by Crippen LogP contribution is 2.40. The predicted molar refractivity (Wildman–Crippen MR) is 373 cm³/mol. The molecule has 1 aromatic carbocycles. The molecule has 6 aliphatic heterocycles. The van der Waals surface area contributed by atoms with Crippen LogP contribution in [0.5, 0.6) is 0 Å². The quantitative estimate of drug-likeness (QED) is 0.0149. The normalized spacial score (nSPS) is 36.9. The van der Waals surface area contributed by atoms with Crippen molar-refractivity contribution in [2.75, 3.05) is 0 Å². The van der Waals surface area contributed by atoms with Crippen molar-refractivity contribution in [3.05, 3.63) is 42.0 Å². The Morgan fingerprint density at radius 3 is 1.54 bits per heavy atom. The summed E-state index contributed by atoms with van der Waals surface area (Å²) >= 11 is 0. The third kappa shape index (κ3) is 26.2. The van der Waals surface area contributed by atoms with Gasteiger partial charge in [0.1, 0.15) is 67.1 Å². The van der Waals surface area contributed by atoms with E-state index in [1.165, 1.54) is 19.9 Å². The van der Waals surface area contributed by atoms with Gasteiger partial charge in [-0.3, -0.25) is 14.4 Å². The third-order valence-electron chi connectivity index (χ3n) is 20.6. The minimum atomic E-state index is -1.95. The first kappa shape index (κ1) is 85.4. The topological polar surface area (TPSA) is 339 Å². The number of aliphatic hydroxyl groups is 7. The van der Waals surface area contributed by atoms with E-state index in [4.69, 9.17) is 66.3 Å². The van der Waals surface area contributed by atoms with Crippen LogP contribution in [0.1, 0.15) is 260 Å². The number of carbonyl (C=O) groups is 4. The number of esters is 4. The summed E-state index contributed by atoms with van der Waals surface area (Å²) in [4.78, 5) is 56.5. The van der Waals surface area contributed by atoms with Gasteiger partial charge in [-0.1, -0.05) is 199 Å². The van der Waals surface area contributed by atoms with Crippen LogP contribution in [-0.2, 0) is 85.5 Å². The fourth-order valence-electron chi connectivity index (χ4n) is 14.3. The summed E-state index contributed by atoms with van der Waals surface area (Å²) in [7, 11) is 0. The molecular weight excluding hydrogens is 1320 g/mol. The molecule has 26 atom stereocenters. The van der Waals surface area contributed by atoms with Gasteiger partial charge >= 0.3 is 23.9 Å². The average Bonchev–Trinajstić information content (AvgIpc) is 0.768. The molecule has 0 unspecified atom stereocenters. The van der Waals surface area contributed by atoms with E-state index in [0.717, 1.165) is 147 Å². The smallest absolute Gasteiger partial charge is 0.331 e. The van der Waals surface area contributed by atoms with Gasteiger partial charge in [0.05, 0.1) is 36.6 Å². The molecule has 6 heterocycles. The Morgan fingerprint density at radius 2 is 0.912 bits per heavy atom. The Kier molecular flexibility index (Phi) is 37.8. The van der Waals surface area contributed by atoms with Crippen molar-refractivity contribution >= 4 is 30.0 Å². The molecule has 6 fully saturated rings. The first-order valence-corrected chi connectivity index (χ1v) is 39.0. The molecule has 0 spiro atoms. The number of hydrogen-bond acceptors (Lipinski definition) is 25. The number of aliphatic hydroxyl groups excluding tert-OH is 7. The third-order valence-corrected chi connectivity index (χ3v) is 20.6. The SMILES string of the molecule is CCCCCCCCCCCC(=O)O[C@H]1[C@H](O[C@@H]2[C@H]3OC(=O)CCCCCCCCC[C@H](CCCCC)O[C@@H]4O[C@H](C)[C@H](O)[C@H](O)[C@H]4O[C@H](O[C@H]2C)[C@@H]3O)O[C@@H](C)[C@H](O[C@@H]2O[C@@H](C)[C@H](OC(=O)CCCCCCCCC)[C@@H](O)[C@H]2OC(=O)/C=C/c2ccccc2)[C@H]1O[C@@H]1O[C@@H](C)[C@H](O)[C@@H](O)[C@H]1O. The Balaban J connectivity index is 1.25.